The molecule has 0 unspecified atom stereocenters. The van der Waals surface area contributed by atoms with Crippen molar-refractivity contribution in [1.82, 2.24) is 14.9 Å². The van der Waals surface area contributed by atoms with Crippen LogP contribution in [0.5, 0.6) is 11.5 Å². The molecule has 1 amide bonds. The molecule has 35 heavy (non-hydrogen) atoms. The van der Waals surface area contributed by atoms with Gasteiger partial charge in [0.1, 0.15) is 17.7 Å². The second-order valence-electron chi connectivity index (χ2n) is 8.96. The monoisotopic (exact) mass is 473 g/mol. The zero-order chi connectivity index (χ0) is 24.5. The Hall–Kier alpha value is -3.87. The maximum atomic E-state index is 13.5. The lowest BCUT2D eigenvalue weighted by Crippen LogP contribution is -2.32. The summed E-state index contributed by atoms with van der Waals surface area (Å²) in [6.07, 6.45) is 1.10. The first-order valence-corrected chi connectivity index (χ1v) is 11.8. The molecular weight excluding hydrogens is 445 g/mol. The Morgan fingerprint density at radius 1 is 1.03 bits per heavy atom. The van der Waals surface area contributed by atoms with Gasteiger partial charge in [0.25, 0.3) is 0 Å². The largest absolute Gasteiger partial charge is 0.454 e. The molecule has 0 aliphatic carbocycles. The molecule has 2 heterocycles. The quantitative estimate of drug-likeness (QED) is 0.391. The standard InChI is InChI=1S/C28H28FN3O3/c1-4-23(28(33)30-15-20-7-10-25-26(13-20)35-16-34-25)32-24-12-18(3)17(2)11-22(24)31-27(32)14-19-5-8-21(29)9-6-19/h5-13,23H,4,14-16H2,1-3H3,(H,30,33)/t23-/m1/s1. The van der Waals surface area contributed by atoms with Gasteiger partial charge in [0.05, 0.1) is 11.0 Å². The fraction of sp³-hybridized carbons (Fsp3) is 0.286. The predicted octanol–water partition coefficient (Wildman–Crippen LogP) is 5.38. The van der Waals surface area contributed by atoms with Crippen LogP contribution in [0.4, 0.5) is 4.39 Å². The van der Waals surface area contributed by atoms with Crippen LogP contribution in [0, 0.1) is 19.7 Å². The highest BCUT2D eigenvalue weighted by Gasteiger charge is 2.25. The molecule has 180 valence electrons. The Morgan fingerprint density at radius 3 is 2.51 bits per heavy atom. The van der Waals surface area contributed by atoms with Crippen molar-refractivity contribution in [3.63, 3.8) is 0 Å². The van der Waals surface area contributed by atoms with Crippen molar-refractivity contribution in [3.8, 4) is 11.5 Å². The van der Waals surface area contributed by atoms with Crippen LogP contribution in [0.1, 0.15) is 47.5 Å². The molecule has 0 saturated carbocycles. The average Bonchev–Trinajstić information content (AvgIpc) is 3.44. The van der Waals surface area contributed by atoms with Gasteiger partial charge in [-0.25, -0.2) is 9.37 Å². The maximum absolute atomic E-state index is 13.5. The smallest absolute Gasteiger partial charge is 0.243 e. The van der Waals surface area contributed by atoms with Gasteiger partial charge in [-0.3, -0.25) is 4.79 Å². The molecule has 0 radical (unpaired) electrons. The second kappa shape index (κ2) is 9.41. The molecule has 5 rings (SSSR count). The van der Waals surface area contributed by atoms with Gasteiger partial charge in [-0.2, -0.15) is 0 Å². The number of imidazole rings is 1. The highest BCUT2D eigenvalue weighted by molar-refractivity contribution is 5.85. The molecule has 6 nitrogen and oxygen atoms in total. The average molecular weight is 474 g/mol. The summed E-state index contributed by atoms with van der Waals surface area (Å²) in [4.78, 5) is 18.4. The number of carbonyl (C=O) groups is 1. The van der Waals surface area contributed by atoms with E-state index < -0.39 is 6.04 Å². The summed E-state index contributed by atoms with van der Waals surface area (Å²) in [5.41, 5.74) is 5.94. The van der Waals surface area contributed by atoms with Crippen LogP contribution < -0.4 is 14.8 Å². The minimum Gasteiger partial charge on any atom is -0.454 e. The number of carbonyl (C=O) groups excluding carboxylic acids is 1. The number of nitrogens with one attached hydrogen (secondary N) is 1. The number of hydrogen-bond donors (Lipinski definition) is 1. The summed E-state index contributed by atoms with van der Waals surface area (Å²) < 4.78 is 26.3. The van der Waals surface area contributed by atoms with Gasteiger partial charge in [-0.05, 0) is 78.9 Å². The third kappa shape index (κ3) is 4.58. The number of amides is 1. The minimum absolute atomic E-state index is 0.0805. The van der Waals surface area contributed by atoms with E-state index in [1.807, 2.05) is 29.7 Å². The molecule has 1 aliphatic rings. The molecule has 3 aromatic carbocycles. The summed E-state index contributed by atoms with van der Waals surface area (Å²) >= 11 is 0. The van der Waals surface area contributed by atoms with E-state index in [0.717, 1.165) is 39.1 Å². The molecule has 1 atom stereocenters. The van der Waals surface area contributed by atoms with Gasteiger partial charge >= 0.3 is 0 Å². The van der Waals surface area contributed by atoms with Crippen LogP contribution in [0.2, 0.25) is 0 Å². The van der Waals surface area contributed by atoms with Crippen LogP contribution in [0.15, 0.2) is 54.6 Å². The van der Waals surface area contributed by atoms with Gasteiger partial charge in [0.2, 0.25) is 12.7 Å². The number of rotatable bonds is 7. The molecule has 0 bridgehead atoms. The molecule has 1 aromatic heterocycles. The number of benzene rings is 3. The van der Waals surface area contributed by atoms with Gasteiger partial charge in [0.15, 0.2) is 11.5 Å². The van der Waals surface area contributed by atoms with Gasteiger partial charge in [-0.15, -0.1) is 0 Å². The van der Waals surface area contributed by atoms with Crippen molar-refractivity contribution in [1.29, 1.82) is 0 Å². The zero-order valence-electron chi connectivity index (χ0n) is 20.1. The predicted molar refractivity (Wildman–Crippen MR) is 132 cm³/mol. The van der Waals surface area contributed by atoms with Crippen LogP contribution in [0.25, 0.3) is 11.0 Å². The highest BCUT2D eigenvalue weighted by atomic mass is 19.1. The molecular formula is C28H28FN3O3. The number of nitrogens with zero attached hydrogens (tertiary/aromatic N) is 2. The summed E-state index contributed by atoms with van der Waals surface area (Å²) in [7, 11) is 0. The van der Waals surface area contributed by atoms with E-state index in [-0.39, 0.29) is 18.5 Å². The third-order valence-corrected chi connectivity index (χ3v) is 6.56. The zero-order valence-corrected chi connectivity index (χ0v) is 20.1. The Morgan fingerprint density at radius 2 is 1.74 bits per heavy atom. The number of hydrogen-bond acceptors (Lipinski definition) is 4. The second-order valence-corrected chi connectivity index (χ2v) is 8.96. The lowest BCUT2D eigenvalue weighted by Gasteiger charge is -2.21. The fourth-order valence-corrected chi connectivity index (χ4v) is 4.50. The van der Waals surface area contributed by atoms with Crippen LogP contribution in [0.3, 0.4) is 0 Å². The van der Waals surface area contributed by atoms with Gasteiger partial charge in [-0.1, -0.05) is 25.1 Å². The third-order valence-electron chi connectivity index (χ3n) is 6.56. The van der Waals surface area contributed by atoms with E-state index >= 15 is 0 Å². The van der Waals surface area contributed by atoms with Crippen molar-refractivity contribution in [3.05, 3.63) is 88.5 Å². The molecule has 7 heteroatoms. The number of ether oxygens (including phenoxy) is 2. The summed E-state index contributed by atoms with van der Waals surface area (Å²) in [5.74, 6) is 1.83. The lowest BCUT2D eigenvalue weighted by atomic mass is 10.1. The molecule has 0 fully saturated rings. The molecule has 4 aromatic rings. The van der Waals surface area contributed by atoms with Crippen molar-refractivity contribution in [2.45, 2.75) is 46.2 Å². The molecule has 1 aliphatic heterocycles. The summed E-state index contributed by atoms with van der Waals surface area (Å²) in [5, 5.41) is 3.09. The fourth-order valence-electron chi connectivity index (χ4n) is 4.50. The first-order chi connectivity index (χ1) is 16.9. The number of fused-ring (bicyclic) bond motifs is 2. The number of halogens is 1. The Labute approximate surface area is 203 Å². The minimum atomic E-state index is -0.438. The van der Waals surface area contributed by atoms with E-state index in [1.54, 1.807) is 12.1 Å². The van der Waals surface area contributed by atoms with Gasteiger partial charge < -0.3 is 19.4 Å². The van der Waals surface area contributed by atoms with Crippen LogP contribution >= 0.6 is 0 Å². The topological polar surface area (TPSA) is 65.4 Å². The Balaban J connectivity index is 1.46. The number of aromatic nitrogens is 2. The van der Waals surface area contributed by atoms with E-state index in [1.165, 1.54) is 12.1 Å². The van der Waals surface area contributed by atoms with E-state index in [2.05, 4.69) is 31.3 Å². The van der Waals surface area contributed by atoms with Crippen molar-refractivity contribution in [2.24, 2.45) is 0 Å². The lowest BCUT2D eigenvalue weighted by molar-refractivity contribution is -0.124. The summed E-state index contributed by atoms with van der Waals surface area (Å²) in [6.45, 7) is 6.71. The Kier molecular flexibility index (Phi) is 6.16. The Bertz CT molecular complexity index is 1400. The first kappa shape index (κ1) is 22.9. The van der Waals surface area contributed by atoms with Crippen LogP contribution in [-0.4, -0.2) is 22.3 Å². The SMILES string of the molecule is CC[C@H](C(=O)NCc1ccc2c(c1)OCO2)n1c(Cc2ccc(F)cc2)nc2cc(C)c(C)cc21. The summed E-state index contributed by atoms with van der Waals surface area (Å²) in [6, 6.07) is 15.8. The normalized spacial score (nSPS) is 13.3. The van der Waals surface area contributed by atoms with Crippen LogP contribution in [-0.2, 0) is 17.8 Å². The van der Waals surface area contributed by atoms with Gasteiger partial charge in [0, 0.05) is 13.0 Å². The maximum Gasteiger partial charge on any atom is 0.243 e. The molecule has 1 N–H and O–H groups in total. The molecule has 0 saturated heterocycles. The van der Waals surface area contributed by atoms with Crippen molar-refractivity contribution >= 4 is 16.9 Å². The van der Waals surface area contributed by atoms with Crippen molar-refractivity contribution < 1.29 is 18.7 Å². The first-order valence-electron chi connectivity index (χ1n) is 11.8. The van der Waals surface area contributed by atoms with E-state index in [0.29, 0.717) is 30.9 Å². The molecule has 0 spiro atoms. The van der Waals surface area contributed by atoms with E-state index in [4.69, 9.17) is 14.5 Å². The van der Waals surface area contributed by atoms with E-state index in [9.17, 15) is 9.18 Å². The van der Waals surface area contributed by atoms with Crippen molar-refractivity contribution in [2.75, 3.05) is 6.79 Å². The number of aryl methyl sites for hydroxylation is 2. The highest BCUT2D eigenvalue weighted by Crippen LogP contribution is 2.33.